The average Bonchev–Trinajstić information content (AvgIpc) is 2.42. The molecule has 1 fully saturated rings. The van der Waals surface area contributed by atoms with Crippen molar-refractivity contribution in [2.75, 3.05) is 25.1 Å². The van der Waals surface area contributed by atoms with E-state index >= 15 is 0 Å². The van der Waals surface area contributed by atoms with Gasteiger partial charge in [-0.05, 0) is 52.7 Å². The number of carbonyl (C=O) groups excluding carboxylic acids is 1. The number of thioether (sulfide) groups is 1. The molecule has 0 spiro atoms. The molecule has 1 saturated heterocycles. The van der Waals surface area contributed by atoms with Crippen LogP contribution in [0, 0.1) is 0 Å². The molecule has 1 rings (SSSR count). The number of carbonyl (C=O) groups is 1. The second-order valence-corrected chi connectivity index (χ2v) is 7.70. The average molecular weight is 317 g/mol. The Morgan fingerprint density at radius 1 is 1.43 bits per heavy atom. The van der Waals surface area contributed by atoms with Crippen molar-refractivity contribution in [3.05, 3.63) is 0 Å². The van der Waals surface area contributed by atoms with E-state index < -0.39 is 5.60 Å². The number of hydrogen-bond acceptors (Lipinski definition) is 4. The molecule has 1 amide bonds. The molecule has 0 bridgehead atoms. The number of nitrogens with zero attached hydrogens (tertiary/aromatic N) is 1. The number of ether oxygens (including phenoxy) is 1. The van der Waals surface area contributed by atoms with Crippen molar-refractivity contribution >= 4 is 17.9 Å². The van der Waals surface area contributed by atoms with E-state index in [9.17, 15) is 4.79 Å². The van der Waals surface area contributed by atoms with E-state index in [1.165, 1.54) is 6.42 Å². The van der Waals surface area contributed by atoms with E-state index in [4.69, 9.17) is 4.74 Å². The van der Waals surface area contributed by atoms with Gasteiger partial charge >= 0.3 is 6.09 Å². The van der Waals surface area contributed by atoms with Crippen molar-refractivity contribution in [3.63, 3.8) is 0 Å². The van der Waals surface area contributed by atoms with Gasteiger partial charge in [-0.3, -0.25) is 0 Å². The Bertz CT molecular complexity index is 318. The topological polar surface area (TPSA) is 41.6 Å². The summed E-state index contributed by atoms with van der Waals surface area (Å²) in [5, 5.41) is 3.62. The standard InChI is InChI=1S/C16H32N2O2S/c1-6-13(12-21-5)17-11-14-9-7-8-10-18(14)15(19)20-16(2,3)4/h13-14,17H,6-12H2,1-5H3. The van der Waals surface area contributed by atoms with Crippen LogP contribution in [0.3, 0.4) is 0 Å². The third-order valence-corrected chi connectivity index (χ3v) is 4.49. The van der Waals surface area contributed by atoms with Crippen LogP contribution < -0.4 is 5.32 Å². The second-order valence-electron chi connectivity index (χ2n) is 6.79. The smallest absolute Gasteiger partial charge is 0.410 e. The number of piperidine rings is 1. The summed E-state index contributed by atoms with van der Waals surface area (Å²) in [6.07, 6.45) is 6.45. The van der Waals surface area contributed by atoms with Crippen LogP contribution in [0.4, 0.5) is 4.79 Å². The third kappa shape index (κ3) is 6.92. The Balaban J connectivity index is 2.54. The lowest BCUT2D eigenvalue weighted by Crippen LogP contribution is -2.51. The highest BCUT2D eigenvalue weighted by atomic mass is 32.2. The van der Waals surface area contributed by atoms with Crippen LogP contribution in [-0.4, -0.2) is 53.8 Å². The summed E-state index contributed by atoms with van der Waals surface area (Å²) in [6.45, 7) is 9.67. The minimum Gasteiger partial charge on any atom is -0.444 e. The fourth-order valence-electron chi connectivity index (χ4n) is 2.60. The first-order valence-corrected chi connectivity index (χ1v) is 9.48. The predicted molar refractivity (Wildman–Crippen MR) is 91.0 cm³/mol. The summed E-state index contributed by atoms with van der Waals surface area (Å²) in [5.41, 5.74) is -0.419. The van der Waals surface area contributed by atoms with E-state index in [2.05, 4.69) is 18.5 Å². The van der Waals surface area contributed by atoms with Gasteiger partial charge in [-0.15, -0.1) is 0 Å². The second kappa shape index (κ2) is 8.89. The molecule has 4 nitrogen and oxygen atoms in total. The molecule has 0 radical (unpaired) electrons. The van der Waals surface area contributed by atoms with Crippen LogP contribution in [-0.2, 0) is 4.74 Å². The largest absolute Gasteiger partial charge is 0.444 e. The molecule has 2 unspecified atom stereocenters. The quantitative estimate of drug-likeness (QED) is 0.814. The summed E-state index contributed by atoms with van der Waals surface area (Å²) in [6, 6.07) is 0.798. The Morgan fingerprint density at radius 3 is 2.71 bits per heavy atom. The summed E-state index contributed by atoms with van der Waals surface area (Å²) >= 11 is 1.87. The lowest BCUT2D eigenvalue weighted by molar-refractivity contribution is 0.00971. The summed E-state index contributed by atoms with van der Waals surface area (Å²) < 4.78 is 5.54. The zero-order valence-corrected chi connectivity index (χ0v) is 15.1. The SMILES string of the molecule is CCC(CSC)NCC1CCCCN1C(=O)OC(C)(C)C. The molecule has 124 valence electrons. The van der Waals surface area contributed by atoms with E-state index in [0.29, 0.717) is 6.04 Å². The number of likely N-dealkylation sites (tertiary alicyclic amines) is 1. The maximum absolute atomic E-state index is 12.3. The molecule has 1 heterocycles. The number of rotatable bonds is 6. The Labute approximate surface area is 134 Å². The molecular weight excluding hydrogens is 284 g/mol. The first kappa shape index (κ1) is 18.6. The fraction of sp³-hybridized carbons (Fsp3) is 0.938. The highest BCUT2D eigenvalue weighted by molar-refractivity contribution is 7.98. The first-order valence-electron chi connectivity index (χ1n) is 8.09. The lowest BCUT2D eigenvalue weighted by Gasteiger charge is -2.37. The van der Waals surface area contributed by atoms with Crippen LogP contribution in [0.2, 0.25) is 0 Å². The van der Waals surface area contributed by atoms with Crippen LogP contribution in [0.1, 0.15) is 53.4 Å². The van der Waals surface area contributed by atoms with Crippen LogP contribution in [0.25, 0.3) is 0 Å². The van der Waals surface area contributed by atoms with Gasteiger partial charge in [0.1, 0.15) is 5.60 Å². The maximum Gasteiger partial charge on any atom is 0.410 e. The number of nitrogens with one attached hydrogen (secondary N) is 1. The Morgan fingerprint density at radius 2 is 2.14 bits per heavy atom. The summed E-state index contributed by atoms with van der Waals surface area (Å²) in [4.78, 5) is 14.3. The fourth-order valence-corrected chi connectivity index (χ4v) is 3.35. The monoisotopic (exact) mass is 316 g/mol. The van der Waals surface area contributed by atoms with Gasteiger partial charge in [-0.2, -0.15) is 11.8 Å². The maximum atomic E-state index is 12.3. The van der Waals surface area contributed by atoms with E-state index in [-0.39, 0.29) is 12.1 Å². The van der Waals surface area contributed by atoms with E-state index in [1.807, 2.05) is 37.4 Å². The van der Waals surface area contributed by atoms with E-state index in [0.717, 1.165) is 38.1 Å². The molecular formula is C16H32N2O2S. The van der Waals surface area contributed by atoms with Crippen molar-refractivity contribution < 1.29 is 9.53 Å². The Hall–Kier alpha value is -0.420. The van der Waals surface area contributed by atoms with Gasteiger partial charge in [0, 0.05) is 30.9 Å². The molecule has 0 aromatic rings. The van der Waals surface area contributed by atoms with Gasteiger partial charge in [0.15, 0.2) is 0 Å². The van der Waals surface area contributed by atoms with Gasteiger partial charge in [-0.25, -0.2) is 4.79 Å². The Kier molecular flexibility index (Phi) is 7.88. The predicted octanol–water partition coefficient (Wildman–Crippen LogP) is 3.51. The molecule has 5 heteroatoms. The molecule has 0 aromatic heterocycles. The normalized spacial score (nSPS) is 21.2. The van der Waals surface area contributed by atoms with Crippen molar-refractivity contribution in [3.8, 4) is 0 Å². The zero-order chi connectivity index (χ0) is 15.9. The molecule has 0 aromatic carbocycles. The molecule has 0 aliphatic carbocycles. The van der Waals surface area contributed by atoms with Gasteiger partial charge in [0.05, 0.1) is 0 Å². The molecule has 1 aliphatic heterocycles. The van der Waals surface area contributed by atoms with Crippen molar-refractivity contribution in [2.24, 2.45) is 0 Å². The molecule has 2 atom stereocenters. The minimum absolute atomic E-state index is 0.160. The number of amides is 1. The third-order valence-electron chi connectivity index (χ3n) is 3.76. The minimum atomic E-state index is -0.419. The highest BCUT2D eigenvalue weighted by Gasteiger charge is 2.30. The van der Waals surface area contributed by atoms with Gasteiger partial charge in [0.2, 0.25) is 0 Å². The number of hydrogen-bond donors (Lipinski definition) is 1. The van der Waals surface area contributed by atoms with E-state index in [1.54, 1.807) is 0 Å². The zero-order valence-electron chi connectivity index (χ0n) is 14.3. The van der Waals surface area contributed by atoms with Crippen LogP contribution in [0.5, 0.6) is 0 Å². The van der Waals surface area contributed by atoms with Gasteiger partial charge in [-0.1, -0.05) is 6.92 Å². The molecule has 21 heavy (non-hydrogen) atoms. The summed E-state index contributed by atoms with van der Waals surface area (Å²) in [5.74, 6) is 1.12. The highest BCUT2D eigenvalue weighted by Crippen LogP contribution is 2.20. The van der Waals surface area contributed by atoms with Crippen molar-refractivity contribution in [1.29, 1.82) is 0 Å². The van der Waals surface area contributed by atoms with Gasteiger partial charge < -0.3 is 15.0 Å². The van der Waals surface area contributed by atoms with Crippen LogP contribution in [0.15, 0.2) is 0 Å². The summed E-state index contributed by atoms with van der Waals surface area (Å²) in [7, 11) is 0. The first-order chi connectivity index (χ1) is 9.87. The molecule has 0 saturated carbocycles. The van der Waals surface area contributed by atoms with Crippen molar-refractivity contribution in [1.82, 2.24) is 10.2 Å². The lowest BCUT2D eigenvalue weighted by atomic mass is 10.0. The van der Waals surface area contributed by atoms with Crippen LogP contribution >= 0.6 is 11.8 Å². The van der Waals surface area contributed by atoms with Crippen molar-refractivity contribution in [2.45, 2.75) is 71.1 Å². The molecule has 1 N–H and O–H groups in total. The molecule has 1 aliphatic rings. The van der Waals surface area contributed by atoms with Gasteiger partial charge in [0.25, 0.3) is 0 Å².